The van der Waals surface area contributed by atoms with Gasteiger partial charge in [0.25, 0.3) is 5.91 Å². The molecule has 1 atom stereocenters. The van der Waals surface area contributed by atoms with E-state index in [-0.39, 0.29) is 12.0 Å². The fourth-order valence-corrected chi connectivity index (χ4v) is 2.23. The topological polar surface area (TPSA) is 55.6 Å². The van der Waals surface area contributed by atoms with E-state index in [1.54, 1.807) is 17.9 Å². The fourth-order valence-electron chi connectivity index (χ4n) is 2.23. The number of carbonyl (C=O) groups is 1. The number of ether oxygens (including phenoxy) is 1. The van der Waals surface area contributed by atoms with Gasteiger partial charge in [0.05, 0.1) is 6.10 Å². The Bertz CT molecular complexity index is 439. The number of carbonyl (C=O) groups excluding carboxylic acids is 1. The highest BCUT2D eigenvalue weighted by Crippen LogP contribution is 2.30. The van der Waals surface area contributed by atoms with Gasteiger partial charge in [-0.3, -0.25) is 4.79 Å². The van der Waals surface area contributed by atoms with Crippen molar-refractivity contribution in [1.29, 1.82) is 0 Å². The first-order valence-corrected chi connectivity index (χ1v) is 6.56. The SMILES string of the molecule is Cc1cc(C(=O)N2CCC(OCC3CC3)C2)no1. The maximum atomic E-state index is 12.1. The number of aromatic nitrogens is 1. The van der Waals surface area contributed by atoms with Crippen LogP contribution in [0.2, 0.25) is 0 Å². The van der Waals surface area contributed by atoms with E-state index in [2.05, 4.69) is 5.16 Å². The number of aryl methyl sites for hydroxylation is 1. The van der Waals surface area contributed by atoms with E-state index in [4.69, 9.17) is 9.26 Å². The summed E-state index contributed by atoms with van der Waals surface area (Å²) < 4.78 is 10.7. The van der Waals surface area contributed by atoms with Gasteiger partial charge in [-0.05, 0) is 32.1 Å². The summed E-state index contributed by atoms with van der Waals surface area (Å²) in [5, 5.41) is 3.76. The molecule has 98 valence electrons. The van der Waals surface area contributed by atoms with Crippen molar-refractivity contribution in [3.8, 4) is 0 Å². The zero-order valence-electron chi connectivity index (χ0n) is 10.6. The van der Waals surface area contributed by atoms with Crippen LogP contribution in [-0.4, -0.2) is 41.8 Å². The third kappa shape index (κ3) is 2.56. The van der Waals surface area contributed by atoms with E-state index < -0.39 is 0 Å². The second-order valence-electron chi connectivity index (χ2n) is 5.26. The Morgan fingerprint density at radius 2 is 2.39 bits per heavy atom. The molecule has 1 aromatic rings. The van der Waals surface area contributed by atoms with Gasteiger partial charge in [-0.15, -0.1) is 0 Å². The molecule has 0 aromatic carbocycles. The Morgan fingerprint density at radius 1 is 1.56 bits per heavy atom. The Hall–Kier alpha value is -1.36. The second kappa shape index (κ2) is 4.72. The van der Waals surface area contributed by atoms with Crippen LogP contribution >= 0.6 is 0 Å². The Balaban J connectivity index is 1.52. The average molecular weight is 250 g/mol. The molecule has 0 bridgehead atoms. The Labute approximate surface area is 106 Å². The minimum atomic E-state index is -0.0515. The predicted octanol–water partition coefficient (Wildman–Crippen LogP) is 1.62. The van der Waals surface area contributed by atoms with E-state index in [1.807, 2.05) is 0 Å². The molecule has 0 radical (unpaired) electrons. The third-order valence-corrected chi connectivity index (χ3v) is 3.54. The van der Waals surface area contributed by atoms with E-state index in [9.17, 15) is 4.79 Å². The van der Waals surface area contributed by atoms with Crippen molar-refractivity contribution in [3.63, 3.8) is 0 Å². The first-order valence-electron chi connectivity index (χ1n) is 6.56. The Morgan fingerprint density at radius 3 is 3.06 bits per heavy atom. The van der Waals surface area contributed by atoms with Gasteiger partial charge in [0.15, 0.2) is 5.69 Å². The summed E-state index contributed by atoms with van der Waals surface area (Å²) in [6, 6.07) is 1.68. The van der Waals surface area contributed by atoms with E-state index in [0.29, 0.717) is 18.0 Å². The highest BCUT2D eigenvalue weighted by Gasteiger charge is 2.30. The van der Waals surface area contributed by atoms with Crippen molar-refractivity contribution in [2.24, 2.45) is 5.92 Å². The molecule has 5 heteroatoms. The molecule has 1 amide bonds. The number of likely N-dealkylation sites (tertiary alicyclic amines) is 1. The summed E-state index contributed by atoms with van der Waals surface area (Å²) in [7, 11) is 0. The number of hydrogen-bond donors (Lipinski definition) is 0. The molecule has 2 aliphatic rings. The minimum Gasteiger partial charge on any atom is -0.376 e. The lowest BCUT2D eigenvalue weighted by Crippen LogP contribution is -2.30. The normalized spacial score (nSPS) is 23.6. The maximum Gasteiger partial charge on any atom is 0.276 e. The van der Waals surface area contributed by atoms with Crippen LogP contribution in [0.15, 0.2) is 10.6 Å². The number of hydrogen-bond acceptors (Lipinski definition) is 4. The number of amides is 1. The molecule has 1 aliphatic carbocycles. The zero-order valence-corrected chi connectivity index (χ0v) is 10.6. The quantitative estimate of drug-likeness (QED) is 0.815. The first-order chi connectivity index (χ1) is 8.72. The van der Waals surface area contributed by atoms with Crippen molar-refractivity contribution >= 4 is 5.91 Å². The summed E-state index contributed by atoms with van der Waals surface area (Å²) in [4.78, 5) is 13.9. The monoisotopic (exact) mass is 250 g/mol. The fraction of sp³-hybridized carbons (Fsp3) is 0.692. The summed E-state index contributed by atoms with van der Waals surface area (Å²) >= 11 is 0. The zero-order chi connectivity index (χ0) is 12.5. The highest BCUT2D eigenvalue weighted by atomic mass is 16.5. The molecule has 2 heterocycles. The van der Waals surface area contributed by atoms with Crippen molar-refractivity contribution in [2.45, 2.75) is 32.3 Å². The molecule has 2 fully saturated rings. The van der Waals surface area contributed by atoms with Crippen LogP contribution in [0.25, 0.3) is 0 Å². The maximum absolute atomic E-state index is 12.1. The molecule has 0 spiro atoms. The molecular formula is C13H18N2O3. The van der Waals surface area contributed by atoms with E-state index in [0.717, 1.165) is 25.5 Å². The molecule has 0 N–H and O–H groups in total. The minimum absolute atomic E-state index is 0.0515. The standard InChI is InChI=1S/C13H18N2O3/c1-9-6-12(14-18-9)13(16)15-5-4-11(7-15)17-8-10-2-3-10/h6,10-11H,2-5,7-8H2,1H3. The van der Waals surface area contributed by atoms with Gasteiger partial charge in [0.1, 0.15) is 5.76 Å². The van der Waals surface area contributed by atoms with Gasteiger partial charge in [-0.25, -0.2) is 0 Å². The van der Waals surface area contributed by atoms with Crippen LogP contribution in [0.3, 0.4) is 0 Å². The summed E-state index contributed by atoms with van der Waals surface area (Å²) in [5.41, 5.74) is 0.398. The molecule has 18 heavy (non-hydrogen) atoms. The molecule has 5 nitrogen and oxygen atoms in total. The summed E-state index contributed by atoms with van der Waals surface area (Å²) in [5.74, 6) is 1.39. The molecule has 1 saturated heterocycles. The average Bonchev–Trinajstić information content (AvgIpc) is 2.90. The van der Waals surface area contributed by atoms with Crippen molar-refractivity contribution in [1.82, 2.24) is 10.1 Å². The van der Waals surface area contributed by atoms with Gasteiger partial charge in [0.2, 0.25) is 0 Å². The molecule has 1 aromatic heterocycles. The largest absolute Gasteiger partial charge is 0.376 e. The molecular weight excluding hydrogens is 232 g/mol. The molecule has 1 unspecified atom stereocenters. The molecule has 3 rings (SSSR count). The lowest BCUT2D eigenvalue weighted by atomic mass is 10.3. The predicted molar refractivity (Wildman–Crippen MR) is 64.2 cm³/mol. The van der Waals surface area contributed by atoms with Crippen LogP contribution in [0, 0.1) is 12.8 Å². The van der Waals surface area contributed by atoms with Gasteiger partial charge >= 0.3 is 0 Å². The summed E-state index contributed by atoms with van der Waals surface area (Å²) in [6.07, 6.45) is 3.72. The van der Waals surface area contributed by atoms with Gasteiger partial charge in [0, 0.05) is 25.8 Å². The first kappa shape index (κ1) is 11.7. The van der Waals surface area contributed by atoms with Crippen molar-refractivity contribution < 1.29 is 14.1 Å². The third-order valence-electron chi connectivity index (χ3n) is 3.54. The van der Waals surface area contributed by atoms with Crippen LogP contribution in [-0.2, 0) is 4.74 Å². The van der Waals surface area contributed by atoms with Gasteiger partial charge in [-0.2, -0.15) is 0 Å². The van der Waals surface area contributed by atoms with Gasteiger partial charge < -0.3 is 14.2 Å². The highest BCUT2D eigenvalue weighted by molar-refractivity contribution is 5.92. The van der Waals surface area contributed by atoms with Crippen molar-refractivity contribution in [2.75, 3.05) is 19.7 Å². The lowest BCUT2D eigenvalue weighted by Gasteiger charge is -2.15. The van der Waals surface area contributed by atoms with Crippen LogP contribution < -0.4 is 0 Å². The van der Waals surface area contributed by atoms with E-state index in [1.165, 1.54) is 12.8 Å². The molecule has 1 aliphatic heterocycles. The molecule has 1 saturated carbocycles. The van der Waals surface area contributed by atoms with Crippen molar-refractivity contribution in [3.05, 3.63) is 17.5 Å². The smallest absolute Gasteiger partial charge is 0.276 e. The Kier molecular flexibility index (Phi) is 3.07. The number of nitrogens with zero attached hydrogens (tertiary/aromatic N) is 2. The lowest BCUT2D eigenvalue weighted by molar-refractivity contribution is 0.0478. The van der Waals surface area contributed by atoms with Crippen LogP contribution in [0.4, 0.5) is 0 Å². The van der Waals surface area contributed by atoms with Crippen LogP contribution in [0.1, 0.15) is 35.5 Å². The van der Waals surface area contributed by atoms with Crippen LogP contribution in [0.5, 0.6) is 0 Å². The van der Waals surface area contributed by atoms with E-state index >= 15 is 0 Å². The summed E-state index contributed by atoms with van der Waals surface area (Å²) in [6.45, 7) is 4.07. The van der Waals surface area contributed by atoms with Gasteiger partial charge in [-0.1, -0.05) is 5.16 Å². The number of rotatable bonds is 4. The second-order valence-corrected chi connectivity index (χ2v) is 5.26.